The van der Waals surface area contributed by atoms with Crippen molar-refractivity contribution in [3.63, 3.8) is 0 Å². The van der Waals surface area contributed by atoms with Crippen molar-refractivity contribution in [1.29, 1.82) is 0 Å². The molecule has 1 aliphatic rings. The lowest BCUT2D eigenvalue weighted by molar-refractivity contribution is 0.351. The van der Waals surface area contributed by atoms with Crippen molar-refractivity contribution in [2.24, 2.45) is 0 Å². The van der Waals surface area contributed by atoms with E-state index < -0.39 is 0 Å². The minimum atomic E-state index is 1.08. The summed E-state index contributed by atoms with van der Waals surface area (Å²) < 4.78 is 0. The van der Waals surface area contributed by atoms with Crippen LogP contribution in [0.25, 0.3) is 0 Å². The topological polar surface area (TPSA) is 3.24 Å². The van der Waals surface area contributed by atoms with Crippen LogP contribution in [0.1, 0.15) is 12.8 Å². The third-order valence-corrected chi connectivity index (χ3v) is 2.57. The van der Waals surface area contributed by atoms with E-state index in [1.54, 1.807) is 0 Å². The van der Waals surface area contributed by atoms with E-state index in [9.17, 15) is 0 Å². The van der Waals surface area contributed by atoms with Gasteiger partial charge in [0.1, 0.15) is 0 Å². The van der Waals surface area contributed by atoms with Crippen molar-refractivity contribution >= 4 is 11.8 Å². The van der Waals surface area contributed by atoms with Gasteiger partial charge >= 0.3 is 0 Å². The summed E-state index contributed by atoms with van der Waals surface area (Å²) >= 11 is 2.04. The van der Waals surface area contributed by atoms with Crippen LogP contribution in [0.5, 0.6) is 0 Å². The maximum Gasteiger partial charge on any atom is 0.0445 e. The molecule has 0 bridgehead atoms. The molecule has 0 aliphatic carbocycles. The predicted octanol–water partition coefficient (Wildman–Crippen LogP) is 1.61. The molecule has 1 aliphatic heterocycles. The first-order chi connectivity index (χ1) is 4.43. The zero-order chi connectivity index (χ0) is 6.53. The number of rotatable bonds is 3. The molecular formula is C7H14NS. The largest absolute Gasteiger partial charge is 0.293 e. The van der Waals surface area contributed by atoms with Gasteiger partial charge in [0.05, 0.1) is 0 Å². The molecule has 9 heavy (non-hydrogen) atoms. The Labute approximate surface area is 61.8 Å². The molecule has 1 saturated heterocycles. The van der Waals surface area contributed by atoms with Crippen molar-refractivity contribution in [1.82, 2.24) is 4.90 Å². The smallest absolute Gasteiger partial charge is 0.0445 e. The molecule has 0 unspecified atom stereocenters. The van der Waals surface area contributed by atoms with Crippen molar-refractivity contribution in [2.75, 3.05) is 24.7 Å². The first-order valence-corrected chi connectivity index (χ1v) is 4.68. The van der Waals surface area contributed by atoms with E-state index in [0.717, 1.165) is 6.42 Å². The summed E-state index contributed by atoms with van der Waals surface area (Å²) in [4.78, 5) is 2.50. The lowest BCUT2D eigenvalue weighted by Crippen LogP contribution is -2.20. The molecule has 0 N–H and O–H groups in total. The van der Waals surface area contributed by atoms with Crippen LogP contribution < -0.4 is 0 Å². The summed E-state index contributed by atoms with van der Waals surface area (Å²) in [5.41, 5.74) is 0. The summed E-state index contributed by atoms with van der Waals surface area (Å²) in [7, 11) is 0. The highest BCUT2D eigenvalue weighted by atomic mass is 32.2. The highest BCUT2D eigenvalue weighted by Crippen LogP contribution is 2.13. The standard InChI is InChI=1S/C7H14NS/c1-2-3-4-8-5-6-9-7-8/h1-7H2. The average Bonchev–Trinajstić information content (AvgIpc) is 2.34. The van der Waals surface area contributed by atoms with Crippen LogP contribution >= 0.6 is 11.8 Å². The van der Waals surface area contributed by atoms with Gasteiger partial charge in [-0.25, -0.2) is 0 Å². The molecule has 1 rings (SSSR count). The van der Waals surface area contributed by atoms with E-state index in [1.165, 1.54) is 31.1 Å². The van der Waals surface area contributed by atoms with Crippen molar-refractivity contribution in [3.05, 3.63) is 6.92 Å². The number of nitrogens with zero attached hydrogens (tertiary/aromatic N) is 1. The third-order valence-electron chi connectivity index (χ3n) is 1.55. The lowest BCUT2D eigenvalue weighted by atomic mass is 10.3. The van der Waals surface area contributed by atoms with Gasteiger partial charge in [0.15, 0.2) is 0 Å². The van der Waals surface area contributed by atoms with E-state index in [1.807, 2.05) is 11.8 Å². The van der Waals surface area contributed by atoms with Crippen LogP contribution in [-0.2, 0) is 0 Å². The van der Waals surface area contributed by atoms with E-state index in [4.69, 9.17) is 0 Å². The summed E-state index contributed by atoms with van der Waals surface area (Å²) in [5.74, 6) is 2.58. The Morgan fingerprint density at radius 2 is 2.44 bits per heavy atom. The second-order valence-corrected chi connectivity index (χ2v) is 3.44. The number of unbranched alkanes of at least 4 members (excludes halogenated alkanes) is 1. The Morgan fingerprint density at radius 3 is 3.00 bits per heavy atom. The quantitative estimate of drug-likeness (QED) is 0.592. The number of hydrogen-bond donors (Lipinski definition) is 0. The molecule has 0 aromatic rings. The molecule has 0 spiro atoms. The van der Waals surface area contributed by atoms with E-state index >= 15 is 0 Å². The molecule has 0 atom stereocenters. The van der Waals surface area contributed by atoms with Gasteiger partial charge in [-0.2, -0.15) is 0 Å². The maximum absolute atomic E-state index is 3.81. The molecule has 1 radical (unpaired) electrons. The Bertz CT molecular complexity index is 69.3. The van der Waals surface area contributed by atoms with Crippen LogP contribution in [-0.4, -0.2) is 29.6 Å². The minimum Gasteiger partial charge on any atom is -0.293 e. The fourth-order valence-corrected chi connectivity index (χ4v) is 2.00. The third kappa shape index (κ3) is 2.59. The van der Waals surface area contributed by atoms with Gasteiger partial charge in [-0.1, -0.05) is 13.3 Å². The monoisotopic (exact) mass is 144 g/mol. The second-order valence-electron chi connectivity index (χ2n) is 2.36. The molecule has 0 aromatic heterocycles. The van der Waals surface area contributed by atoms with Crippen molar-refractivity contribution in [3.8, 4) is 0 Å². The highest BCUT2D eigenvalue weighted by Gasteiger charge is 2.09. The van der Waals surface area contributed by atoms with Crippen molar-refractivity contribution < 1.29 is 0 Å². The van der Waals surface area contributed by atoms with Gasteiger partial charge in [0.2, 0.25) is 0 Å². The first-order valence-electron chi connectivity index (χ1n) is 3.53. The molecule has 53 valence electrons. The zero-order valence-electron chi connectivity index (χ0n) is 5.81. The lowest BCUT2D eigenvalue weighted by Gasteiger charge is -2.11. The zero-order valence-corrected chi connectivity index (χ0v) is 6.62. The molecule has 1 heterocycles. The van der Waals surface area contributed by atoms with Gasteiger partial charge in [-0.3, -0.25) is 4.90 Å². The Hall–Kier alpha value is 0.310. The molecule has 2 heteroatoms. The summed E-state index contributed by atoms with van der Waals surface area (Å²) in [5, 5.41) is 0. The number of hydrogen-bond acceptors (Lipinski definition) is 2. The molecule has 0 aromatic carbocycles. The van der Waals surface area contributed by atoms with Crippen LogP contribution in [0.15, 0.2) is 0 Å². The molecule has 1 nitrogen and oxygen atoms in total. The highest BCUT2D eigenvalue weighted by molar-refractivity contribution is 7.99. The van der Waals surface area contributed by atoms with Gasteiger partial charge < -0.3 is 0 Å². The van der Waals surface area contributed by atoms with E-state index in [0.29, 0.717) is 0 Å². The summed E-state index contributed by atoms with van der Waals surface area (Å²) in [6, 6.07) is 0. The van der Waals surface area contributed by atoms with Gasteiger partial charge in [-0.15, -0.1) is 11.8 Å². The van der Waals surface area contributed by atoms with Gasteiger partial charge in [-0.05, 0) is 13.0 Å². The van der Waals surface area contributed by atoms with Crippen LogP contribution in [0.4, 0.5) is 0 Å². The first kappa shape index (κ1) is 7.42. The molecule has 0 saturated carbocycles. The molecule has 1 fully saturated rings. The molecule has 0 amide bonds. The molecular weight excluding hydrogens is 130 g/mol. The fourth-order valence-electron chi connectivity index (χ4n) is 0.964. The Balaban J connectivity index is 1.98. The fraction of sp³-hybridized carbons (Fsp3) is 0.857. The Morgan fingerprint density at radius 1 is 1.56 bits per heavy atom. The maximum atomic E-state index is 3.81. The second kappa shape index (κ2) is 4.18. The SMILES string of the molecule is [CH2]CCCN1CCSC1. The average molecular weight is 144 g/mol. The van der Waals surface area contributed by atoms with Gasteiger partial charge in [0.25, 0.3) is 0 Å². The summed E-state index contributed by atoms with van der Waals surface area (Å²) in [6.07, 6.45) is 2.35. The summed E-state index contributed by atoms with van der Waals surface area (Å²) in [6.45, 7) is 6.37. The van der Waals surface area contributed by atoms with Crippen molar-refractivity contribution in [2.45, 2.75) is 12.8 Å². The number of thioether (sulfide) groups is 1. The van der Waals surface area contributed by atoms with Gasteiger partial charge in [0, 0.05) is 18.2 Å². The van der Waals surface area contributed by atoms with Crippen LogP contribution in [0, 0.1) is 6.92 Å². The van der Waals surface area contributed by atoms with E-state index in [-0.39, 0.29) is 0 Å². The predicted molar refractivity (Wildman–Crippen MR) is 43.5 cm³/mol. The Kier molecular flexibility index (Phi) is 3.44. The normalized spacial score (nSPS) is 21.0. The van der Waals surface area contributed by atoms with Crippen LogP contribution in [0.2, 0.25) is 0 Å². The van der Waals surface area contributed by atoms with E-state index in [2.05, 4.69) is 11.8 Å². The minimum absolute atomic E-state index is 1.08. The van der Waals surface area contributed by atoms with Crippen LogP contribution in [0.3, 0.4) is 0 Å².